The Morgan fingerprint density at radius 1 is 1.37 bits per heavy atom. The molecule has 3 rings (SSSR count). The zero-order chi connectivity index (χ0) is 13.2. The van der Waals surface area contributed by atoms with Crippen molar-refractivity contribution in [2.75, 3.05) is 6.54 Å². The highest BCUT2D eigenvalue weighted by atomic mass is 15.3. The average Bonchev–Trinajstić information content (AvgIpc) is 3.05. The maximum absolute atomic E-state index is 4.60. The second-order valence-electron chi connectivity index (χ2n) is 6.84. The molecule has 0 amide bonds. The van der Waals surface area contributed by atoms with Crippen molar-refractivity contribution < 1.29 is 0 Å². The van der Waals surface area contributed by atoms with Crippen LogP contribution in [0.4, 0.5) is 0 Å². The first-order valence-electron chi connectivity index (χ1n) is 7.79. The van der Waals surface area contributed by atoms with Gasteiger partial charge >= 0.3 is 0 Å². The number of rotatable bonds is 6. The highest BCUT2D eigenvalue weighted by Crippen LogP contribution is 2.48. The van der Waals surface area contributed by atoms with Gasteiger partial charge in [0.2, 0.25) is 0 Å². The van der Waals surface area contributed by atoms with Crippen molar-refractivity contribution >= 4 is 0 Å². The van der Waals surface area contributed by atoms with Gasteiger partial charge in [0.15, 0.2) is 5.82 Å². The smallest absolute Gasteiger partial charge is 0.164 e. The lowest BCUT2D eigenvalue weighted by Crippen LogP contribution is -2.20. The molecule has 2 fully saturated rings. The predicted octanol–water partition coefficient (Wildman–Crippen LogP) is 2.46. The van der Waals surface area contributed by atoms with Crippen LogP contribution in [0.5, 0.6) is 0 Å². The average molecular weight is 262 g/mol. The third-order valence-electron chi connectivity index (χ3n) is 4.73. The van der Waals surface area contributed by atoms with Gasteiger partial charge in [0.05, 0.1) is 6.54 Å². The first-order chi connectivity index (χ1) is 9.20. The fourth-order valence-electron chi connectivity index (χ4n) is 3.82. The van der Waals surface area contributed by atoms with Gasteiger partial charge in [0.25, 0.3) is 0 Å². The van der Waals surface area contributed by atoms with Gasteiger partial charge in [0.1, 0.15) is 6.33 Å². The highest BCUT2D eigenvalue weighted by molar-refractivity contribution is 4.90. The molecule has 0 aliphatic heterocycles. The molecule has 1 heterocycles. The van der Waals surface area contributed by atoms with Crippen molar-refractivity contribution in [1.82, 2.24) is 20.1 Å². The lowest BCUT2D eigenvalue weighted by Gasteiger charge is -2.20. The number of nitrogens with one attached hydrogen (secondary N) is 1. The number of hydrogen-bond acceptors (Lipinski definition) is 3. The van der Waals surface area contributed by atoms with Crippen LogP contribution in [0.25, 0.3) is 0 Å². The molecule has 2 bridgehead atoms. The van der Waals surface area contributed by atoms with Gasteiger partial charge < -0.3 is 5.32 Å². The maximum atomic E-state index is 4.60. The molecule has 3 unspecified atom stereocenters. The van der Waals surface area contributed by atoms with Crippen LogP contribution in [0, 0.1) is 23.7 Å². The van der Waals surface area contributed by atoms with Gasteiger partial charge in [-0.25, -0.2) is 4.98 Å². The number of hydrogen-bond donors (Lipinski definition) is 1. The van der Waals surface area contributed by atoms with E-state index in [0.717, 1.165) is 43.2 Å². The molecule has 4 heteroatoms. The predicted molar refractivity (Wildman–Crippen MR) is 75.5 cm³/mol. The minimum Gasteiger partial charge on any atom is -0.310 e. The molecule has 1 aromatic heterocycles. The maximum Gasteiger partial charge on any atom is 0.164 e. The summed E-state index contributed by atoms with van der Waals surface area (Å²) in [5.41, 5.74) is 0. The van der Waals surface area contributed by atoms with E-state index in [1.165, 1.54) is 25.7 Å². The van der Waals surface area contributed by atoms with Gasteiger partial charge in [-0.1, -0.05) is 20.3 Å². The van der Waals surface area contributed by atoms with E-state index in [2.05, 4.69) is 33.9 Å². The van der Waals surface area contributed by atoms with Crippen LogP contribution in [0.15, 0.2) is 6.33 Å². The first kappa shape index (κ1) is 13.1. The summed E-state index contributed by atoms with van der Waals surface area (Å²) in [5.74, 6) is 4.46. The zero-order valence-electron chi connectivity index (χ0n) is 12.2. The van der Waals surface area contributed by atoms with Crippen molar-refractivity contribution in [2.24, 2.45) is 23.7 Å². The molecule has 0 aromatic carbocycles. The van der Waals surface area contributed by atoms with Gasteiger partial charge in [0, 0.05) is 6.54 Å². The molecule has 1 aromatic rings. The molecule has 2 aliphatic carbocycles. The quantitative estimate of drug-likeness (QED) is 0.856. The van der Waals surface area contributed by atoms with Crippen molar-refractivity contribution in [3.8, 4) is 0 Å². The molecule has 2 aliphatic rings. The Morgan fingerprint density at radius 3 is 2.95 bits per heavy atom. The summed E-state index contributed by atoms with van der Waals surface area (Å²) in [6, 6.07) is 0. The summed E-state index contributed by atoms with van der Waals surface area (Å²) < 4.78 is 2.07. The van der Waals surface area contributed by atoms with Crippen molar-refractivity contribution in [3.63, 3.8) is 0 Å². The monoisotopic (exact) mass is 262 g/mol. The molecule has 3 atom stereocenters. The van der Waals surface area contributed by atoms with Crippen LogP contribution >= 0.6 is 0 Å². The summed E-state index contributed by atoms with van der Waals surface area (Å²) in [6.45, 7) is 7.34. The van der Waals surface area contributed by atoms with Crippen LogP contribution < -0.4 is 5.32 Å². The Labute approximate surface area is 116 Å². The topological polar surface area (TPSA) is 42.7 Å². The Kier molecular flexibility index (Phi) is 3.87. The second kappa shape index (κ2) is 5.61. The van der Waals surface area contributed by atoms with E-state index in [1.807, 2.05) is 6.33 Å². The Hall–Kier alpha value is -0.900. The standard InChI is InChI=1S/C15H26N4/c1-11(2)7-16-8-15-17-10-19(18-15)9-14-6-12-3-4-13(14)5-12/h10-14,16H,3-9H2,1-2H3. The van der Waals surface area contributed by atoms with Gasteiger partial charge in [-0.3, -0.25) is 4.68 Å². The van der Waals surface area contributed by atoms with Crippen molar-refractivity contribution in [1.29, 1.82) is 0 Å². The van der Waals surface area contributed by atoms with E-state index < -0.39 is 0 Å². The molecule has 2 saturated carbocycles. The molecular formula is C15H26N4. The van der Waals surface area contributed by atoms with E-state index in [1.54, 1.807) is 0 Å². The van der Waals surface area contributed by atoms with Gasteiger partial charge in [-0.05, 0) is 49.5 Å². The van der Waals surface area contributed by atoms with Gasteiger partial charge in [-0.2, -0.15) is 5.10 Å². The third kappa shape index (κ3) is 3.16. The summed E-state index contributed by atoms with van der Waals surface area (Å²) in [6.07, 6.45) is 7.74. The number of fused-ring (bicyclic) bond motifs is 2. The van der Waals surface area contributed by atoms with E-state index in [-0.39, 0.29) is 0 Å². The van der Waals surface area contributed by atoms with Crippen LogP contribution in [0.3, 0.4) is 0 Å². The Balaban J connectivity index is 1.48. The van der Waals surface area contributed by atoms with Crippen LogP contribution in [-0.4, -0.2) is 21.3 Å². The third-order valence-corrected chi connectivity index (χ3v) is 4.73. The van der Waals surface area contributed by atoms with Crippen LogP contribution in [0.2, 0.25) is 0 Å². The fourth-order valence-corrected chi connectivity index (χ4v) is 3.82. The van der Waals surface area contributed by atoms with Gasteiger partial charge in [-0.15, -0.1) is 0 Å². The van der Waals surface area contributed by atoms with Crippen LogP contribution in [-0.2, 0) is 13.1 Å². The molecule has 0 radical (unpaired) electrons. The zero-order valence-corrected chi connectivity index (χ0v) is 12.2. The van der Waals surface area contributed by atoms with E-state index in [4.69, 9.17) is 0 Å². The lowest BCUT2D eigenvalue weighted by molar-refractivity contribution is 0.284. The molecule has 4 nitrogen and oxygen atoms in total. The molecule has 0 saturated heterocycles. The van der Waals surface area contributed by atoms with E-state index in [9.17, 15) is 0 Å². The molecule has 106 valence electrons. The lowest BCUT2D eigenvalue weighted by atomic mass is 9.89. The Morgan fingerprint density at radius 2 is 2.26 bits per heavy atom. The molecular weight excluding hydrogens is 236 g/mol. The summed E-state index contributed by atoms with van der Waals surface area (Å²) in [4.78, 5) is 4.41. The van der Waals surface area contributed by atoms with E-state index in [0.29, 0.717) is 5.92 Å². The molecule has 1 N–H and O–H groups in total. The number of nitrogens with zero attached hydrogens (tertiary/aromatic N) is 3. The van der Waals surface area contributed by atoms with Crippen molar-refractivity contribution in [3.05, 3.63) is 12.2 Å². The summed E-state index contributed by atoms with van der Waals surface area (Å²) in [5, 5.41) is 7.99. The largest absolute Gasteiger partial charge is 0.310 e. The van der Waals surface area contributed by atoms with E-state index >= 15 is 0 Å². The Bertz CT molecular complexity index is 412. The van der Waals surface area contributed by atoms with Crippen LogP contribution in [0.1, 0.15) is 45.4 Å². The SMILES string of the molecule is CC(C)CNCc1ncn(CC2CC3CCC2C3)n1. The number of aromatic nitrogens is 3. The summed E-state index contributed by atoms with van der Waals surface area (Å²) in [7, 11) is 0. The summed E-state index contributed by atoms with van der Waals surface area (Å²) >= 11 is 0. The fraction of sp³-hybridized carbons (Fsp3) is 0.867. The minimum absolute atomic E-state index is 0.677. The molecule has 0 spiro atoms. The normalized spacial score (nSPS) is 29.5. The molecule has 19 heavy (non-hydrogen) atoms. The highest BCUT2D eigenvalue weighted by Gasteiger charge is 2.39. The van der Waals surface area contributed by atoms with Crippen molar-refractivity contribution in [2.45, 2.75) is 52.6 Å². The second-order valence-corrected chi connectivity index (χ2v) is 6.84. The first-order valence-corrected chi connectivity index (χ1v) is 7.79. The minimum atomic E-state index is 0.677.